The minimum Gasteiger partial charge on any atom is -0.481 e. The lowest BCUT2D eigenvalue weighted by molar-refractivity contribution is 0.206. The van der Waals surface area contributed by atoms with Gasteiger partial charge >= 0.3 is 0 Å². The summed E-state index contributed by atoms with van der Waals surface area (Å²) in [6.45, 7) is 4.04. The molecular weight excluding hydrogens is 330 g/mol. The third-order valence-corrected chi connectivity index (χ3v) is 6.62. The molecular formula is C15H25N5O3S. The molecule has 3 heterocycles. The van der Waals surface area contributed by atoms with Gasteiger partial charge in [-0.1, -0.05) is 0 Å². The minimum atomic E-state index is -2.98. The molecule has 0 radical (unpaired) electrons. The van der Waals surface area contributed by atoms with E-state index in [-0.39, 0.29) is 0 Å². The van der Waals surface area contributed by atoms with E-state index >= 15 is 0 Å². The second kappa shape index (κ2) is 7.62. The van der Waals surface area contributed by atoms with Crippen LogP contribution >= 0.6 is 0 Å². The van der Waals surface area contributed by atoms with Crippen molar-refractivity contribution in [3.63, 3.8) is 0 Å². The zero-order valence-electron chi connectivity index (χ0n) is 14.0. The maximum absolute atomic E-state index is 11.8. The summed E-state index contributed by atoms with van der Waals surface area (Å²) in [5.74, 6) is 1.64. The molecule has 8 nitrogen and oxygen atoms in total. The monoisotopic (exact) mass is 355 g/mol. The van der Waals surface area contributed by atoms with E-state index in [1.165, 1.54) is 6.33 Å². The number of aromatic nitrogens is 2. The molecule has 2 saturated heterocycles. The maximum atomic E-state index is 11.8. The Balaban J connectivity index is 1.42. The summed E-state index contributed by atoms with van der Waals surface area (Å²) in [5.41, 5.74) is 0. The van der Waals surface area contributed by atoms with Crippen LogP contribution in [0.5, 0.6) is 5.88 Å². The van der Waals surface area contributed by atoms with Gasteiger partial charge in [-0.15, -0.1) is 0 Å². The van der Waals surface area contributed by atoms with Gasteiger partial charge in [-0.2, -0.15) is 0 Å². The fourth-order valence-electron chi connectivity index (χ4n) is 3.24. The molecule has 1 aromatic rings. The zero-order valence-corrected chi connectivity index (χ0v) is 14.8. The van der Waals surface area contributed by atoms with Crippen molar-refractivity contribution in [3.05, 3.63) is 12.4 Å². The first-order chi connectivity index (χ1) is 11.6. The molecule has 2 aliphatic rings. The minimum absolute atomic E-state index is 0.307. The number of likely N-dealkylation sites (tertiary alicyclic amines) is 1. The molecule has 2 aliphatic heterocycles. The Labute approximate surface area is 143 Å². The van der Waals surface area contributed by atoms with Gasteiger partial charge in [0, 0.05) is 44.8 Å². The number of sulfonamides is 1. The van der Waals surface area contributed by atoms with Crippen LogP contribution in [-0.4, -0.2) is 79.2 Å². The van der Waals surface area contributed by atoms with Crippen LogP contribution in [0.25, 0.3) is 0 Å². The van der Waals surface area contributed by atoms with Crippen LogP contribution in [0.15, 0.2) is 12.4 Å². The maximum Gasteiger partial charge on any atom is 0.218 e. The first kappa shape index (κ1) is 17.4. The van der Waals surface area contributed by atoms with E-state index in [1.54, 1.807) is 17.5 Å². The Hall–Kier alpha value is -1.45. The highest BCUT2D eigenvalue weighted by Gasteiger charge is 2.28. The number of hydrogen-bond donors (Lipinski definition) is 1. The van der Waals surface area contributed by atoms with Crippen molar-refractivity contribution in [1.29, 1.82) is 0 Å². The summed E-state index contributed by atoms with van der Waals surface area (Å²) in [6.07, 6.45) is 4.28. The van der Waals surface area contributed by atoms with E-state index in [2.05, 4.69) is 20.2 Å². The first-order valence-electron chi connectivity index (χ1n) is 8.39. The highest BCUT2D eigenvalue weighted by atomic mass is 32.2. The highest BCUT2D eigenvalue weighted by Crippen LogP contribution is 2.18. The molecule has 0 atom stereocenters. The average Bonchev–Trinajstić information content (AvgIpc) is 2.93. The molecule has 1 aromatic heterocycles. The van der Waals surface area contributed by atoms with Crippen LogP contribution in [0.1, 0.15) is 19.3 Å². The third-order valence-electron chi connectivity index (χ3n) is 4.66. The van der Waals surface area contributed by atoms with Gasteiger partial charge in [0.05, 0.1) is 12.9 Å². The number of rotatable bonds is 6. The molecule has 3 rings (SSSR count). The topological polar surface area (TPSA) is 87.7 Å². The van der Waals surface area contributed by atoms with E-state index in [1.807, 2.05) is 0 Å². The summed E-state index contributed by atoms with van der Waals surface area (Å²) in [5, 5.41) is 3.42. The Bertz CT molecular complexity index is 646. The Morgan fingerprint density at radius 2 is 2.04 bits per heavy atom. The van der Waals surface area contributed by atoms with Gasteiger partial charge in [-0.25, -0.2) is 22.7 Å². The van der Waals surface area contributed by atoms with E-state index in [9.17, 15) is 8.42 Å². The smallest absolute Gasteiger partial charge is 0.218 e. The van der Waals surface area contributed by atoms with E-state index in [4.69, 9.17) is 4.74 Å². The van der Waals surface area contributed by atoms with Crippen molar-refractivity contribution in [2.45, 2.75) is 25.3 Å². The largest absolute Gasteiger partial charge is 0.481 e. The summed E-state index contributed by atoms with van der Waals surface area (Å²) >= 11 is 0. The number of nitrogens with one attached hydrogen (secondary N) is 1. The Morgan fingerprint density at radius 3 is 2.71 bits per heavy atom. The van der Waals surface area contributed by atoms with Crippen LogP contribution in [0.2, 0.25) is 0 Å². The summed E-state index contributed by atoms with van der Waals surface area (Å²) < 4.78 is 30.4. The van der Waals surface area contributed by atoms with Gasteiger partial charge in [-0.3, -0.25) is 0 Å². The predicted molar refractivity (Wildman–Crippen MR) is 91.6 cm³/mol. The standard InChI is InChI=1S/C15H25N5O3S/c1-23-15-11-14(16-12-17-15)18-13-3-6-19(7-4-13)8-9-20-5-2-10-24(20,21)22/h11-13H,2-10H2,1H3,(H,16,17,18). The highest BCUT2D eigenvalue weighted by molar-refractivity contribution is 7.89. The third kappa shape index (κ3) is 4.34. The number of anilines is 1. The number of ether oxygens (including phenoxy) is 1. The van der Waals surface area contributed by atoms with Crippen molar-refractivity contribution in [2.75, 3.05) is 50.9 Å². The van der Waals surface area contributed by atoms with Gasteiger partial charge in [-0.05, 0) is 19.3 Å². The predicted octanol–water partition coefficient (Wildman–Crippen LogP) is 0.397. The number of piperidine rings is 1. The molecule has 24 heavy (non-hydrogen) atoms. The molecule has 0 aliphatic carbocycles. The van der Waals surface area contributed by atoms with Gasteiger partial charge in [0.25, 0.3) is 0 Å². The number of hydrogen-bond acceptors (Lipinski definition) is 7. The molecule has 0 aromatic carbocycles. The molecule has 134 valence electrons. The van der Waals surface area contributed by atoms with Crippen LogP contribution in [0.4, 0.5) is 5.82 Å². The van der Waals surface area contributed by atoms with Gasteiger partial charge in [0.1, 0.15) is 12.1 Å². The van der Waals surface area contributed by atoms with Crippen LogP contribution in [0.3, 0.4) is 0 Å². The lowest BCUT2D eigenvalue weighted by Crippen LogP contribution is -2.43. The Morgan fingerprint density at radius 1 is 1.25 bits per heavy atom. The Kier molecular flexibility index (Phi) is 5.52. The fraction of sp³-hybridized carbons (Fsp3) is 0.733. The lowest BCUT2D eigenvalue weighted by atomic mass is 10.1. The van der Waals surface area contributed by atoms with Gasteiger partial charge in [0.2, 0.25) is 15.9 Å². The average molecular weight is 355 g/mol. The van der Waals surface area contributed by atoms with E-state index in [0.29, 0.717) is 30.8 Å². The molecule has 9 heteroatoms. The quantitative estimate of drug-likeness (QED) is 0.790. The van der Waals surface area contributed by atoms with Gasteiger partial charge in [0.15, 0.2) is 0 Å². The van der Waals surface area contributed by atoms with Crippen LogP contribution in [0, 0.1) is 0 Å². The van der Waals surface area contributed by atoms with Crippen molar-refractivity contribution in [3.8, 4) is 5.88 Å². The van der Waals surface area contributed by atoms with Crippen molar-refractivity contribution >= 4 is 15.8 Å². The van der Waals surface area contributed by atoms with Crippen molar-refractivity contribution < 1.29 is 13.2 Å². The molecule has 0 amide bonds. The van der Waals surface area contributed by atoms with Crippen LogP contribution in [-0.2, 0) is 10.0 Å². The summed E-state index contributed by atoms with van der Waals surface area (Å²) in [6, 6.07) is 2.17. The molecule has 0 saturated carbocycles. The first-order valence-corrected chi connectivity index (χ1v) is 10.0. The van der Waals surface area contributed by atoms with Crippen molar-refractivity contribution in [2.24, 2.45) is 0 Å². The lowest BCUT2D eigenvalue weighted by Gasteiger charge is -2.33. The normalized spacial score (nSPS) is 22.5. The molecule has 2 fully saturated rings. The summed E-state index contributed by atoms with van der Waals surface area (Å²) in [7, 11) is -1.39. The molecule has 0 unspecified atom stereocenters. The number of methoxy groups -OCH3 is 1. The zero-order chi connectivity index (χ0) is 17.0. The number of nitrogens with zero attached hydrogens (tertiary/aromatic N) is 4. The fourth-order valence-corrected chi connectivity index (χ4v) is 4.75. The molecule has 0 bridgehead atoms. The second-order valence-electron chi connectivity index (χ2n) is 6.27. The van der Waals surface area contributed by atoms with E-state index in [0.717, 1.165) is 44.7 Å². The van der Waals surface area contributed by atoms with E-state index < -0.39 is 10.0 Å². The van der Waals surface area contributed by atoms with Crippen LogP contribution < -0.4 is 10.1 Å². The SMILES string of the molecule is COc1cc(NC2CCN(CCN3CCCS3(=O)=O)CC2)ncn1. The molecule has 0 spiro atoms. The van der Waals surface area contributed by atoms with Crippen molar-refractivity contribution in [1.82, 2.24) is 19.2 Å². The second-order valence-corrected chi connectivity index (χ2v) is 8.36. The van der Waals surface area contributed by atoms with Gasteiger partial charge < -0.3 is 15.0 Å². The summed E-state index contributed by atoms with van der Waals surface area (Å²) in [4.78, 5) is 10.6. The molecule has 1 N–H and O–H groups in total.